The summed E-state index contributed by atoms with van der Waals surface area (Å²) in [5.74, 6) is -1.03. The van der Waals surface area contributed by atoms with Crippen LogP contribution < -0.4 is 5.32 Å². The normalized spacial score (nSPS) is 18.4. The van der Waals surface area contributed by atoms with E-state index in [4.69, 9.17) is 0 Å². The molecule has 1 unspecified atom stereocenters. The predicted molar refractivity (Wildman–Crippen MR) is 131 cm³/mol. The number of nitrogens with zero attached hydrogens (tertiary/aromatic N) is 3. The highest BCUT2D eigenvalue weighted by atomic mass is 32.2. The molecular formula is C24H27FN4O3S2. The van der Waals surface area contributed by atoms with Crippen LogP contribution in [0, 0.1) is 18.7 Å². The lowest BCUT2D eigenvalue weighted by molar-refractivity contribution is -0.127. The van der Waals surface area contributed by atoms with Crippen LogP contribution >= 0.6 is 23.1 Å². The number of halogens is 1. The number of benzene rings is 1. The Bertz CT molecular complexity index is 1130. The van der Waals surface area contributed by atoms with Crippen molar-refractivity contribution >= 4 is 46.0 Å². The summed E-state index contributed by atoms with van der Waals surface area (Å²) in [4.78, 5) is 45.7. The quantitative estimate of drug-likeness (QED) is 0.595. The molecule has 1 saturated carbocycles. The molecule has 2 fully saturated rings. The van der Waals surface area contributed by atoms with Gasteiger partial charge in [0.25, 0.3) is 5.91 Å². The minimum absolute atomic E-state index is 0.00298. The van der Waals surface area contributed by atoms with Gasteiger partial charge in [-0.15, -0.1) is 0 Å². The van der Waals surface area contributed by atoms with Crippen LogP contribution in [0.3, 0.4) is 0 Å². The fourth-order valence-corrected chi connectivity index (χ4v) is 5.86. The lowest BCUT2D eigenvalue weighted by Gasteiger charge is -2.28. The van der Waals surface area contributed by atoms with E-state index < -0.39 is 5.82 Å². The van der Waals surface area contributed by atoms with Gasteiger partial charge < -0.3 is 15.1 Å². The molecule has 1 N–H and O–H groups in total. The van der Waals surface area contributed by atoms with Crippen LogP contribution in [0.15, 0.2) is 40.1 Å². The van der Waals surface area contributed by atoms with Gasteiger partial charge in [-0.1, -0.05) is 29.7 Å². The van der Waals surface area contributed by atoms with Crippen molar-refractivity contribution in [3.8, 4) is 0 Å². The summed E-state index contributed by atoms with van der Waals surface area (Å²) in [7, 11) is 0. The molecule has 2 aromatic rings. The van der Waals surface area contributed by atoms with Gasteiger partial charge in [0.1, 0.15) is 5.82 Å². The third-order valence-corrected chi connectivity index (χ3v) is 8.13. The highest BCUT2D eigenvalue weighted by Crippen LogP contribution is 2.38. The molecule has 0 radical (unpaired) electrons. The second-order valence-electron chi connectivity index (χ2n) is 8.64. The third-order valence-electron chi connectivity index (χ3n) is 5.96. The average molecular weight is 503 g/mol. The lowest BCUT2D eigenvalue weighted by Crippen LogP contribution is -2.43. The first-order valence-electron chi connectivity index (χ1n) is 11.2. The summed E-state index contributed by atoms with van der Waals surface area (Å²) in [6.07, 6.45) is 5.40. The van der Waals surface area contributed by atoms with Crippen LogP contribution in [0.2, 0.25) is 0 Å². The molecule has 1 atom stereocenters. The van der Waals surface area contributed by atoms with Crippen molar-refractivity contribution in [2.75, 3.05) is 25.0 Å². The summed E-state index contributed by atoms with van der Waals surface area (Å²) in [6.45, 7) is 8.51. The maximum absolute atomic E-state index is 14.9. The number of aryl methyl sites for hydroxylation is 1. The first-order chi connectivity index (χ1) is 16.3. The summed E-state index contributed by atoms with van der Waals surface area (Å²) in [5, 5.41) is 3.37. The van der Waals surface area contributed by atoms with Gasteiger partial charge in [-0.3, -0.25) is 14.4 Å². The summed E-state index contributed by atoms with van der Waals surface area (Å²) in [6, 6.07) is 2.77. The standard InChI is InChI=1S/C24H27FN4O3S2/c1-4-20(30)29-9-5-8-28(13-15(29)3)23(32)17-11-19(14(2)10-18(17)25)33-21-12-26-24(34-21)27-22(31)16-6-7-16/h4,10-12,15-16H,1,5-9,13H2,2-3H3,(H,26,27,31). The largest absolute Gasteiger partial charge is 0.336 e. The van der Waals surface area contributed by atoms with E-state index in [1.807, 2.05) is 6.92 Å². The monoisotopic (exact) mass is 502 g/mol. The zero-order valence-corrected chi connectivity index (χ0v) is 20.8. The van der Waals surface area contributed by atoms with Crippen molar-refractivity contribution in [2.24, 2.45) is 5.92 Å². The van der Waals surface area contributed by atoms with Gasteiger partial charge in [-0.05, 0) is 56.9 Å². The second kappa shape index (κ2) is 10.3. The van der Waals surface area contributed by atoms with E-state index >= 15 is 0 Å². The number of anilines is 1. The van der Waals surface area contributed by atoms with E-state index in [0.29, 0.717) is 36.8 Å². The highest BCUT2D eigenvalue weighted by molar-refractivity contribution is 8.01. The molecule has 0 bridgehead atoms. The molecule has 180 valence electrons. The first kappa shape index (κ1) is 24.4. The number of hydrogen-bond donors (Lipinski definition) is 1. The van der Waals surface area contributed by atoms with Crippen molar-refractivity contribution in [3.63, 3.8) is 0 Å². The number of aromatic nitrogens is 1. The summed E-state index contributed by atoms with van der Waals surface area (Å²) < 4.78 is 15.7. The van der Waals surface area contributed by atoms with Crippen LogP contribution in [0.1, 0.15) is 42.1 Å². The molecule has 1 saturated heterocycles. The fourth-order valence-electron chi connectivity index (χ4n) is 3.91. The fraction of sp³-hybridized carbons (Fsp3) is 0.417. The van der Waals surface area contributed by atoms with Gasteiger partial charge in [-0.2, -0.15) is 0 Å². The van der Waals surface area contributed by atoms with E-state index in [1.165, 1.54) is 35.2 Å². The molecule has 34 heavy (non-hydrogen) atoms. The number of rotatable bonds is 6. The third kappa shape index (κ3) is 5.50. The molecule has 1 aliphatic carbocycles. The SMILES string of the molecule is C=CC(=O)N1CCCN(C(=O)c2cc(Sc3cnc(NC(=O)C4CC4)s3)c(C)cc2F)CC1C. The number of amides is 3. The lowest BCUT2D eigenvalue weighted by atomic mass is 10.1. The minimum atomic E-state index is -0.565. The van der Waals surface area contributed by atoms with Crippen LogP contribution in [0.4, 0.5) is 9.52 Å². The van der Waals surface area contributed by atoms with Gasteiger partial charge in [0.15, 0.2) is 5.13 Å². The van der Waals surface area contributed by atoms with Gasteiger partial charge in [0.2, 0.25) is 11.8 Å². The second-order valence-corrected chi connectivity index (χ2v) is 11.0. The Morgan fingerprint density at radius 1 is 1.29 bits per heavy atom. The number of carbonyl (C=O) groups excluding carboxylic acids is 3. The molecule has 2 heterocycles. The van der Waals surface area contributed by atoms with Crippen molar-refractivity contribution in [3.05, 3.63) is 47.9 Å². The molecule has 0 spiro atoms. The Morgan fingerprint density at radius 2 is 2.06 bits per heavy atom. The van der Waals surface area contributed by atoms with Crippen molar-refractivity contribution in [1.29, 1.82) is 0 Å². The minimum Gasteiger partial charge on any atom is -0.336 e. The van der Waals surface area contributed by atoms with Gasteiger partial charge in [-0.25, -0.2) is 9.37 Å². The molecular weight excluding hydrogens is 475 g/mol. The highest BCUT2D eigenvalue weighted by Gasteiger charge is 2.30. The van der Waals surface area contributed by atoms with E-state index in [2.05, 4.69) is 16.9 Å². The van der Waals surface area contributed by atoms with Gasteiger partial charge in [0.05, 0.1) is 16.0 Å². The Labute approximate surface area is 206 Å². The topological polar surface area (TPSA) is 82.6 Å². The Hall–Kier alpha value is -2.72. The van der Waals surface area contributed by atoms with Crippen LogP contribution in [0.25, 0.3) is 0 Å². The summed E-state index contributed by atoms with van der Waals surface area (Å²) >= 11 is 2.74. The van der Waals surface area contributed by atoms with Gasteiger partial charge in [0, 0.05) is 36.5 Å². The van der Waals surface area contributed by atoms with Crippen LogP contribution in [-0.4, -0.2) is 58.2 Å². The number of hydrogen-bond acceptors (Lipinski definition) is 6. The van der Waals surface area contributed by atoms with Crippen LogP contribution in [-0.2, 0) is 9.59 Å². The number of carbonyl (C=O) groups is 3. The zero-order valence-electron chi connectivity index (χ0n) is 19.2. The van der Waals surface area contributed by atoms with E-state index in [-0.39, 0.29) is 35.2 Å². The van der Waals surface area contributed by atoms with Gasteiger partial charge >= 0.3 is 0 Å². The first-order valence-corrected chi connectivity index (χ1v) is 12.9. The van der Waals surface area contributed by atoms with Crippen molar-refractivity contribution in [1.82, 2.24) is 14.8 Å². The number of thiazole rings is 1. The molecule has 1 aromatic carbocycles. The molecule has 3 amide bonds. The molecule has 1 aromatic heterocycles. The van der Waals surface area contributed by atoms with E-state index in [9.17, 15) is 18.8 Å². The predicted octanol–water partition coefficient (Wildman–Crippen LogP) is 4.34. The molecule has 7 nitrogen and oxygen atoms in total. The van der Waals surface area contributed by atoms with E-state index in [1.54, 1.807) is 29.0 Å². The Balaban J connectivity index is 1.49. The molecule has 2 aliphatic rings. The smallest absolute Gasteiger partial charge is 0.256 e. The molecule has 10 heteroatoms. The molecule has 1 aliphatic heterocycles. The van der Waals surface area contributed by atoms with Crippen LogP contribution in [0.5, 0.6) is 0 Å². The Morgan fingerprint density at radius 3 is 2.76 bits per heavy atom. The van der Waals surface area contributed by atoms with Crippen molar-refractivity contribution in [2.45, 2.75) is 48.3 Å². The average Bonchev–Trinajstić information content (AvgIpc) is 3.60. The summed E-state index contributed by atoms with van der Waals surface area (Å²) in [5.41, 5.74) is 0.721. The van der Waals surface area contributed by atoms with Crippen molar-refractivity contribution < 1.29 is 18.8 Å². The zero-order chi connectivity index (χ0) is 24.4. The molecule has 4 rings (SSSR count). The number of nitrogens with one attached hydrogen (secondary N) is 1. The maximum Gasteiger partial charge on any atom is 0.256 e. The Kier molecular flexibility index (Phi) is 7.37. The maximum atomic E-state index is 14.9. The van der Waals surface area contributed by atoms with E-state index in [0.717, 1.165) is 21.9 Å².